The molecule has 3 aromatic carbocycles. The molecule has 0 bridgehead atoms. The van der Waals surface area contributed by atoms with Crippen LogP contribution in [-0.2, 0) is 6.54 Å². The second-order valence-corrected chi connectivity index (χ2v) is 7.33. The molecule has 3 heteroatoms. The van der Waals surface area contributed by atoms with Gasteiger partial charge in [-0.1, -0.05) is 77.8 Å². The minimum Gasteiger partial charge on any atom is -0.342 e. The van der Waals surface area contributed by atoms with E-state index in [0.717, 1.165) is 28.6 Å². The fraction of sp³-hybridized carbons (Fsp3) is 0.0800. The quantitative estimate of drug-likeness (QED) is 0.360. The number of allylic oxidation sites excluding steroid dienone is 1. The molecule has 0 aliphatic carbocycles. The lowest BCUT2D eigenvalue weighted by Crippen LogP contribution is -1.97. The van der Waals surface area contributed by atoms with E-state index in [1.807, 2.05) is 73.7 Å². The number of nitrogens with zero attached hydrogens (tertiary/aromatic N) is 2. The number of hydrogen-bond donors (Lipinski definition) is 0. The summed E-state index contributed by atoms with van der Waals surface area (Å²) in [5.41, 5.74) is 6.03. The molecular weight excluding hydrogens is 364 g/mol. The van der Waals surface area contributed by atoms with Crippen LogP contribution in [0.3, 0.4) is 0 Å². The lowest BCUT2D eigenvalue weighted by atomic mass is 10.0. The van der Waals surface area contributed by atoms with Crippen molar-refractivity contribution in [3.05, 3.63) is 106 Å². The monoisotopic (exact) mass is 382 g/mol. The first-order valence-corrected chi connectivity index (χ1v) is 9.53. The highest BCUT2D eigenvalue weighted by atomic mass is 35.5. The van der Waals surface area contributed by atoms with Crippen LogP contribution in [0, 0.1) is 18.3 Å². The summed E-state index contributed by atoms with van der Waals surface area (Å²) in [6.07, 6.45) is 4.06. The van der Waals surface area contributed by atoms with Gasteiger partial charge in [0.15, 0.2) is 0 Å². The van der Waals surface area contributed by atoms with Gasteiger partial charge in [-0.15, -0.1) is 0 Å². The lowest BCUT2D eigenvalue weighted by Gasteiger charge is -2.05. The molecule has 0 amide bonds. The van der Waals surface area contributed by atoms with Gasteiger partial charge in [0.2, 0.25) is 0 Å². The average Bonchev–Trinajstić information content (AvgIpc) is 3.04. The van der Waals surface area contributed by atoms with Gasteiger partial charge in [0, 0.05) is 28.7 Å². The molecule has 0 radical (unpaired) electrons. The Kier molecular flexibility index (Phi) is 5.02. The molecule has 0 saturated carbocycles. The Morgan fingerprint density at radius 3 is 2.50 bits per heavy atom. The third kappa shape index (κ3) is 3.71. The van der Waals surface area contributed by atoms with Crippen LogP contribution in [0.25, 0.3) is 22.6 Å². The summed E-state index contributed by atoms with van der Waals surface area (Å²) in [5.74, 6) is 0. The van der Waals surface area contributed by atoms with E-state index in [1.54, 1.807) is 0 Å². The topological polar surface area (TPSA) is 28.7 Å². The summed E-state index contributed by atoms with van der Waals surface area (Å²) in [6, 6.07) is 26.6. The highest BCUT2D eigenvalue weighted by Crippen LogP contribution is 2.29. The van der Waals surface area contributed by atoms with E-state index in [2.05, 4.69) is 29.0 Å². The molecule has 2 nitrogen and oxygen atoms in total. The van der Waals surface area contributed by atoms with Gasteiger partial charge in [-0.2, -0.15) is 5.26 Å². The predicted octanol–water partition coefficient (Wildman–Crippen LogP) is 6.72. The van der Waals surface area contributed by atoms with Gasteiger partial charge in [0.25, 0.3) is 0 Å². The van der Waals surface area contributed by atoms with Crippen molar-refractivity contribution < 1.29 is 0 Å². The maximum atomic E-state index is 9.72. The van der Waals surface area contributed by atoms with Crippen LogP contribution in [0.15, 0.2) is 79.0 Å². The van der Waals surface area contributed by atoms with E-state index >= 15 is 0 Å². The van der Waals surface area contributed by atoms with Gasteiger partial charge in [0.05, 0.1) is 17.2 Å². The largest absolute Gasteiger partial charge is 0.342 e. The van der Waals surface area contributed by atoms with E-state index in [1.165, 1.54) is 11.1 Å². The molecule has 4 rings (SSSR count). The number of hydrogen-bond acceptors (Lipinski definition) is 1. The van der Waals surface area contributed by atoms with E-state index in [-0.39, 0.29) is 0 Å². The van der Waals surface area contributed by atoms with Gasteiger partial charge in [-0.25, -0.2) is 0 Å². The first kappa shape index (κ1) is 18.1. The van der Waals surface area contributed by atoms with Gasteiger partial charge >= 0.3 is 0 Å². The fourth-order valence-corrected chi connectivity index (χ4v) is 3.55. The van der Waals surface area contributed by atoms with E-state index in [0.29, 0.717) is 10.6 Å². The van der Waals surface area contributed by atoms with E-state index in [4.69, 9.17) is 11.6 Å². The molecule has 0 spiro atoms. The summed E-state index contributed by atoms with van der Waals surface area (Å²) in [5, 5.41) is 11.5. The normalized spacial score (nSPS) is 11.5. The third-order valence-electron chi connectivity index (χ3n) is 4.85. The molecule has 0 aliphatic heterocycles. The van der Waals surface area contributed by atoms with Crippen molar-refractivity contribution in [2.45, 2.75) is 13.5 Å². The first-order chi connectivity index (χ1) is 13.6. The molecule has 0 unspecified atom stereocenters. The number of benzene rings is 3. The van der Waals surface area contributed by atoms with Crippen LogP contribution >= 0.6 is 11.6 Å². The Labute approximate surface area is 169 Å². The van der Waals surface area contributed by atoms with Crippen molar-refractivity contribution in [3.63, 3.8) is 0 Å². The molecule has 0 fully saturated rings. The molecular formula is C25H19ClN2. The zero-order valence-corrected chi connectivity index (χ0v) is 16.3. The Morgan fingerprint density at radius 1 is 1.04 bits per heavy atom. The van der Waals surface area contributed by atoms with Crippen molar-refractivity contribution in [2.24, 2.45) is 0 Å². The van der Waals surface area contributed by atoms with Crippen molar-refractivity contribution in [3.8, 4) is 6.07 Å². The smallest absolute Gasteiger partial charge is 0.0998 e. The van der Waals surface area contributed by atoms with Crippen molar-refractivity contribution in [2.75, 3.05) is 0 Å². The molecule has 0 atom stereocenters. The zero-order valence-electron chi connectivity index (χ0n) is 15.6. The maximum absolute atomic E-state index is 9.72. The van der Waals surface area contributed by atoms with Crippen LogP contribution in [0.1, 0.15) is 22.3 Å². The Balaban J connectivity index is 1.83. The highest BCUT2D eigenvalue weighted by Gasteiger charge is 2.10. The second-order valence-electron chi connectivity index (χ2n) is 6.90. The van der Waals surface area contributed by atoms with Crippen LogP contribution in [0.5, 0.6) is 0 Å². The minimum atomic E-state index is 0.647. The number of aryl methyl sites for hydroxylation is 1. The number of rotatable bonds is 4. The highest BCUT2D eigenvalue weighted by molar-refractivity contribution is 6.31. The number of halogens is 1. The van der Waals surface area contributed by atoms with Crippen LogP contribution in [0.4, 0.5) is 0 Å². The fourth-order valence-electron chi connectivity index (χ4n) is 3.39. The third-order valence-corrected chi connectivity index (χ3v) is 5.09. The number of nitriles is 1. The van der Waals surface area contributed by atoms with Crippen LogP contribution in [0.2, 0.25) is 5.02 Å². The van der Waals surface area contributed by atoms with E-state index < -0.39 is 0 Å². The summed E-state index contributed by atoms with van der Waals surface area (Å²) in [6.45, 7) is 2.79. The lowest BCUT2D eigenvalue weighted by molar-refractivity contribution is 0.836. The first-order valence-electron chi connectivity index (χ1n) is 9.15. The van der Waals surface area contributed by atoms with Crippen LogP contribution < -0.4 is 0 Å². The molecule has 0 N–H and O–H groups in total. The summed E-state index contributed by atoms with van der Waals surface area (Å²) >= 11 is 6.27. The summed E-state index contributed by atoms with van der Waals surface area (Å²) in [7, 11) is 0. The zero-order chi connectivity index (χ0) is 19.5. The number of fused-ring (bicyclic) bond motifs is 1. The maximum Gasteiger partial charge on any atom is 0.0998 e. The van der Waals surface area contributed by atoms with Gasteiger partial charge in [-0.05, 0) is 36.3 Å². The molecule has 136 valence electrons. The molecule has 1 aromatic heterocycles. The predicted molar refractivity (Wildman–Crippen MR) is 117 cm³/mol. The summed E-state index contributed by atoms with van der Waals surface area (Å²) < 4.78 is 2.19. The van der Waals surface area contributed by atoms with Crippen molar-refractivity contribution in [1.29, 1.82) is 5.26 Å². The Morgan fingerprint density at radius 2 is 1.79 bits per heavy atom. The van der Waals surface area contributed by atoms with Crippen molar-refractivity contribution in [1.82, 2.24) is 4.57 Å². The van der Waals surface area contributed by atoms with Gasteiger partial charge < -0.3 is 4.57 Å². The number of aromatic nitrogens is 1. The van der Waals surface area contributed by atoms with Gasteiger partial charge in [-0.3, -0.25) is 0 Å². The Hall–Kier alpha value is -3.28. The molecule has 0 saturated heterocycles. The van der Waals surface area contributed by atoms with Crippen molar-refractivity contribution >= 4 is 34.2 Å². The molecule has 1 heterocycles. The minimum absolute atomic E-state index is 0.647. The average molecular weight is 383 g/mol. The molecule has 4 aromatic rings. The molecule has 28 heavy (non-hydrogen) atoms. The molecule has 0 aliphatic rings. The Bertz CT molecular complexity index is 1190. The SMILES string of the molecule is Cc1ccc(/C(C#N)=C/c2cn(Cc3ccccc3)c3cc(Cl)ccc23)cc1. The van der Waals surface area contributed by atoms with Crippen LogP contribution in [-0.4, -0.2) is 4.57 Å². The van der Waals surface area contributed by atoms with E-state index in [9.17, 15) is 5.26 Å². The standard InChI is InChI=1S/C25H19ClN2/c1-18-7-9-20(10-8-18)21(15-27)13-22-17-28(16-19-5-3-2-4-6-19)25-14-23(26)11-12-24(22)25/h2-14,17H,16H2,1H3/b21-13+. The van der Waals surface area contributed by atoms with Gasteiger partial charge in [0.1, 0.15) is 0 Å². The second kappa shape index (κ2) is 7.76. The summed E-state index contributed by atoms with van der Waals surface area (Å²) in [4.78, 5) is 0.